The second-order valence-corrected chi connectivity index (χ2v) is 7.74. The van der Waals surface area contributed by atoms with Crippen molar-refractivity contribution < 1.29 is 8.42 Å². The minimum Gasteiger partial charge on any atom is -0.324 e. The van der Waals surface area contributed by atoms with Gasteiger partial charge in [0.15, 0.2) is 0 Å². The highest BCUT2D eigenvalue weighted by Gasteiger charge is 2.28. The molecule has 3 heterocycles. The third-order valence-corrected chi connectivity index (χ3v) is 5.90. The highest BCUT2D eigenvalue weighted by atomic mass is 79.9. The lowest BCUT2D eigenvalue weighted by atomic mass is 10.4. The van der Waals surface area contributed by atoms with Gasteiger partial charge in [0.05, 0.1) is 4.47 Å². The zero-order chi connectivity index (χ0) is 15.6. The van der Waals surface area contributed by atoms with Crippen molar-refractivity contribution in [2.75, 3.05) is 18.4 Å². The van der Waals surface area contributed by atoms with E-state index in [9.17, 15) is 8.42 Å². The Morgan fingerprint density at radius 1 is 1.18 bits per heavy atom. The van der Waals surface area contributed by atoms with Crippen LogP contribution in [0.15, 0.2) is 46.0 Å². The third-order valence-electron chi connectivity index (χ3n) is 3.43. The number of pyridine rings is 2. The molecule has 1 aliphatic rings. The van der Waals surface area contributed by atoms with E-state index in [0.29, 0.717) is 29.2 Å². The molecule has 0 aromatic carbocycles. The molecule has 1 saturated heterocycles. The fraction of sp³-hybridized carbons (Fsp3) is 0.286. The summed E-state index contributed by atoms with van der Waals surface area (Å²) in [5.74, 6) is 1.17. The van der Waals surface area contributed by atoms with Gasteiger partial charge in [-0.25, -0.2) is 18.4 Å². The highest BCUT2D eigenvalue weighted by molar-refractivity contribution is 9.10. The van der Waals surface area contributed by atoms with Crippen LogP contribution < -0.4 is 5.32 Å². The first-order chi connectivity index (χ1) is 10.6. The summed E-state index contributed by atoms with van der Waals surface area (Å²) in [4.78, 5) is 8.56. The molecule has 2 aromatic rings. The van der Waals surface area contributed by atoms with E-state index in [1.807, 2.05) is 18.2 Å². The molecule has 6 nitrogen and oxygen atoms in total. The second kappa shape index (κ2) is 6.31. The maximum Gasteiger partial charge on any atom is 0.244 e. The van der Waals surface area contributed by atoms with Crippen LogP contribution in [-0.4, -0.2) is 35.8 Å². The smallest absolute Gasteiger partial charge is 0.244 e. The first-order valence-corrected chi connectivity index (χ1v) is 9.14. The molecule has 1 aliphatic heterocycles. The van der Waals surface area contributed by atoms with Gasteiger partial charge in [-0.3, -0.25) is 0 Å². The van der Waals surface area contributed by atoms with E-state index >= 15 is 0 Å². The molecule has 0 atom stereocenters. The van der Waals surface area contributed by atoms with Crippen LogP contribution in [-0.2, 0) is 10.0 Å². The number of halogens is 1. The van der Waals surface area contributed by atoms with Crippen LogP contribution in [0.3, 0.4) is 0 Å². The van der Waals surface area contributed by atoms with E-state index in [1.54, 1.807) is 12.3 Å². The molecule has 0 bridgehead atoms. The number of anilines is 2. The summed E-state index contributed by atoms with van der Waals surface area (Å²) >= 11 is 3.37. The van der Waals surface area contributed by atoms with Gasteiger partial charge in [0, 0.05) is 25.5 Å². The summed E-state index contributed by atoms with van der Waals surface area (Å²) in [6.45, 7) is 1.15. The molecule has 0 unspecified atom stereocenters. The monoisotopic (exact) mass is 382 g/mol. The second-order valence-electron chi connectivity index (χ2n) is 4.95. The molecule has 0 aliphatic carbocycles. The normalized spacial score (nSPS) is 15.9. The van der Waals surface area contributed by atoms with E-state index in [1.165, 1.54) is 10.5 Å². The van der Waals surface area contributed by atoms with Crippen LogP contribution in [0.1, 0.15) is 12.8 Å². The number of sulfonamides is 1. The van der Waals surface area contributed by atoms with Crippen molar-refractivity contribution in [2.24, 2.45) is 0 Å². The van der Waals surface area contributed by atoms with Gasteiger partial charge in [0.25, 0.3) is 0 Å². The maximum atomic E-state index is 12.5. The Morgan fingerprint density at radius 2 is 1.95 bits per heavy atom. The van der Waals surface area contributed by atoms with Crippen molar-refractivity contribution in [3.8, 4) is 0 Å². The van der Waals surface area contributed by atoms with E-state index < -0.39 is 10.0 Å². The van der Waals surface area contributed by atoms with Crippen molar-refractivity contribution in [3.63, 3.8) is 0 Å². The van der Waals surface area contributed by atoms with Gasteiger partial charge >= 0.3 is 0 Å². The van der Waals surface area contributed by atoms with Gasteiger partial charge < -0.3 is 5.32 Å². The Labute approximate surface area is 137 Å². The first-order valence-electron chi connectivity index (χ1n) is 6.91. The SMILES string of the molecule is O=S(=O)(c1cnc(Nc2ccccn2)c(Br)c1)N1CCCC1. The lowest BCUT2D eigenvalue weighted by molar-refractivity contribution is 0.477. The summed E-state index contributed by atoms with van der Waals surface area (Å²) < 4.78 is 27.1. The molecule has 0 radical (unpaired) electrons. The summed E-state index contributed by atoms with van der Waals surface area (Å²) in [6.07, 6.45) is 4.87. The minimum absolute atomic E-state index is 0.202. The van der Waals surface area contributed by atoms with Crippen molar-refractivity contribution in [1.29, 1.82) is 0 Å². The Hall–Kier alpha value is -1.51. The largest absolute Gasteiger partial charge is 0.324 e. The van der Waals surface area contributed by atoms with Crippen molar-refractivity contribution >= 4 is 37.6 Å². The van der Waals surface area contributed by atoms with E-state index in [4.69, 9.17) is 0 Å². The van der Waals surface area contributed by atoms with Crippen molar-refractivity contribution in [1.82, 2.24) is 14.3 Å². The molecule has 116 valence electrons. The van der Waals surface area contributed by atoms with Gasteiger partial charge in [0.2, 0.25) is 10.0 Å². The Balaban J connectivity index is 1.86. The van der Waals surface area contributed by atoms with Gasteiger partial charge in [0.1, 0.15) is 16.5 Å². The Kier molecular flexibility index (Phi) is 4.42. The first kappa shape index (κ1) is 15.4. The average Bonchev–Trinajstić information content (AvgIpc) is 3.05. The summed E-state index contributed by atoms with van der Waals surface area (Å²) in [6, 6.07) is 7.06. The van der Waals surface area contributed by atoms with Crippen molar-refractivity contribution in [2.45, 2.75) is 17.7 Å². The standard InChI is InChI=1S/C14H15BrN4O2S/c15-12-9-11(22(20,21)19-7-3-4-8-19)10-17-14(12)18-13-5-1-2-6-16-13/h1-2,5-6,9-10H,3-4,7-8H2,(H,16,17,18). The number of hydrogen-bond donors (Lipinski definition) is 1. The average molecular weight is 383 g/mol. The van der Waals surface area contributed by atoms with E-state index in [2.05, 4.69) is 31.2 Å². The van der Waals surface area contributed by atoms with Crippen LogP contribution >= 0.6 is 15.9 Å². The quantitative estimate of drug-likeness (QED) is 0.879. The molecule has 0 spiro atoms. The predicted molar refractivity (Wildman–Crippen MR) is 87.4 cm³/mol. The summed E-state index contributed by atoms with van der Waals surface area (Å²) in [5.41, 5.74) is 0. The highest BCUT2D eigenvalue weighted by Crippen LogP contribution is 2.28. The van der Waals surface area contributed by atoms with Crippen LogP contribution in [0.2, 0.25) is 0 Å². The molecule has 1 N–H and O–H groups in total. The van der Waals surface area contributed by atoms with Crippen LogP contribution in [0.25, 0.3) is 0 Å². The molecular formula is C14H15BrN4O2S. The number of nitrogens with zero attached hydrogens (tertiary/aromatic N) is 3. The Morgan fingerprint density at radius 3 is 2.59 bits per heavy atom. The van der Waals surface area contributed by atoms with Gasteiger partial charge in [-0.05, 0) is 47.0 Å². The van der Waals surface area contributed by atoms with E-state index in [0.717, 1.165) is 12.8 Å². The fourth-order valence-corrected chi connectivity index (χ4v) is 4.38. The zero-order valence-corrected chi connectivity index (χ0v) is 14.1. The van der Waals surface area contributed by atoms with Crippen LogP contribution in [0, 0.1) is 0 Å². The summed E-state index contributed by atoms with van der Waals surface area (Å²) in [5, 5.41) is 3.04. The number of aromatic nitrogens is 2. The maximum absolute atomic E-state index is 12.5. The Bertz CT molecular complexity index is 762. The molecule has 8 heteroatoms. The van der Waals surface area contributed by atoms with Gasteiger partial charge in [-0.2, -0.15) is 4.31 Å². The molecule has 1 fully saturated rings. The molecular weight excluding hydrogens is 368 g/mol. The third kappa shape index (κ3) is 3.13. The predicted octanol–water partition coefficient (Wildman–Crippen LogP) is 2.77. The molecule has 22 heavy (non-hydrogen) atoms. The van der Waals surface area contributed by atoms with E-state index in [-0.39, 0.29) is 4.90 Å². The lowest BCUT2D eigenvalue weighted by Gasteiger charge is -2.16. The molecule has 3 rings (SSSR count). The molecule has 2 aromatic heterocycles. The van der Waals surface area contributed by atoms with Crippen molar-refractivity contribution in [3.05, 3.63) is 41.1 Å². The topological polar surface area (TPSA) is 75.2 Å². The van der Waals surface area contributed by atoms with Gasteiger partial charge in [-0.15, -0.1) is 0 Å². The van der Waals surface area contributed by atoms with Gasteiger partial charge in [-0.1, -0.05) is 6.07 Å². The zero-order valence-electron chi connectivity index (χ0n) is 11.7. The lowest BCUT2D eigenvalue weighted by Crippen LogP contribution is -2.28. The number of hydrogen-bond acceptors (Lipinski definition) is 5. The van der Waals surface area contributed by atoms with Crippen LogP contribution in [0.4, 0.5) is 11.6 Å². The molecule has 0 saturated carbocycles. The van der Waals surface area contributed by atoms with Crippen LogP contribution in [0.5, 0.6) is 0 Å². The number of rotatable bonds is 4. The number of nitrogens with one attached hydrogen (secondary N) is 1. The fourth-order valence-electron chi connectivity index (χ4n) is 2.29. The summed E-state index contributed by atoms with van der Waals surface area (Å²) in [7, 11) is -3.45. The molecule has 0 amide bonds. The minimum atomic E-state index is -3.45.